The summed E-state index contributed by atoms with van der Waals surface area (Å²) in [7, 11) is 0. The van der Waals surface area contributed by atoms with E-state index >= 15 is 0 Å². The number of anilines is 3. The van der Waals surface area contributed by atoms with Gasteiger partial charge >= 0.3 is 0 Å². The van der Waals surface area contributed by atoms with Gasteiger partial charge in [-0.15, -0.1) is 0 Å². The summed E-state index contributed by atoms with van der Waals surface area (Å²) >= 11 is 0. The highest BCUT2D eigenvalue weighted by atomic mass is 16.1. The Labute approximate surface area is 150 Å². The zero-order chi connectivity index (χ0) is 17.6. The van der Waals surface area contributed by atoms with E-state index < -0.39 is 0 Å². The number of rotatable bonds is 5. The zero-order valence-corrected chi connectivity index (χ0v) is 15.1. The van der Waals surface area contributed by atoms with Crippen molar-refractivity contribution in [3.05, 3.63) is 53.6 Å². The van der Waals surface area contributed by atoms with Gasteiger partial charge < -0.3 is 15.5 Å². The van der Waals surface area contributed by atoms with Crippen LogP contribution in [-0.4, -0.2) is 25.5 Å². The van der Waals surface area contributed by atoms with Crippen molar-refractivity contribution in [2.45, 2.75) is 33.1 Å². The fraction of sp³-hybridized carbons (Fsp3) is 0.381. The van der Waals surface area contributed by atoms with E-state index in [1.165, 1.54) is 24.9 Å². The highest BCUT2D eigenvalue weighted by molar-refractivity contribution is 5.93. The lowest BCUT2D eigenvalue weighted by Gasteiger charge is -2.28. The molecule has 0 aliphatic carbocycles. The number of amides is 1. The lowest BCUT2D eigenvalue weighted by molar-refractivity contribution is -0.114. The number of hydrogen-bond acceptors (Lipinski definition) is 3. The van der Waals surface area contributed by atoms with Crippen LogP contribution in [0.1, 0.15) is 30.4 Å². The lowest BCUT2D eigenvalue weighted by Crippen LogP contribution is -2.29. The molecule has 0 aromatic heterocycles. The molecule has 0 bridgehead atoms. The normalized spacial score (nSPS) is 14.2. The van der Waals surface area contributed by atoms with Crippen LogP contribution >= 0.6 is 0 Å². The van der Waals surface area contributed by atoms with Crippen molar-refractivity contribution in [3.8, 4) is 0 Å². The minimum Gasteiger partial charge on any atom is -0.376 e. The molecule has 132 valence electrons. The number of piperidine rings is 1. The van der Waals surface area contributed by atoms with Gasteiger partial charge in [0.25, 0.3) is 0 Å². The molecular weight excluding hydrogens is 310 g/mol. The van der Waals surface area contributed by atoms with E-state index in [-0.39, 0.29) is 12.5 Å². The van der Waals surface area contributed by atoms with Crippen molar-refractivity contribution >= 4 is 23.0 Å². The molecule has 0 saturated carbocycles. The van der Waals surface area contributed by atoms with Crippen LogP contribution < -0.4 is 15.5 Å². The number of nitrogens with one attached hydrogen (secondary N) is 2. The van der Waals surface area contributed by atoms with E-state index in [4.69, 9.17) is 0 Å². The minimum atomic E-state index is -0.0369. The number of benzene rings is 2. The molecule has 2 N–H and O–H groups in total. The van der Waals surface area contributed by atoms with Crippen LogP contribution in [0.15, 0.2) is 42.5 Å². The number of carbonyl (C=O) groups is 1. The van der Waals surface area contributed by atoms with Crippen molar-refractivity contribution < 1.29 is 4.79 Å². The first-order valence-electron chi connectivity index (χ1n) is 9.07. The predicted octanol–water partition coefficient (Wildman–Crippen LogP) is 4.34. The molecule has 0 unspecified atom stereocenters. The Morgan fingerprint density at radius 1 is 0.920 bits per heavy atom. The van der Waals surface area contributed by atoms with Crippen LogP contribution in [0.2, 0.25) is 0 Å². The number of aryl methyl sites for hydroxylation is 2. The molecule has 3 rings (SSSR count). The maximum Gasteiger partial charge on any atom is 0.243 e. The van der Waals surface area contributed by atoms with Gasteiger partial charge in [-0.1, -0.05) is 6.07 Å². The Hall–Kier alpha value is -2.49. The molecule has 4 heteroatoms. The average Bonchev–Trinajstić information content (AvgIpc) is 2.60. The minimum absolute atomic E-state index is 0.0369. The highest BCUT2D eigenvalue weighted by Gasteiger charge is 2.10. The van der Waals surface area contributed by atoms with Crippen LogP contribution in [0.5, 0.6) is 0 Å². The van der Waals surface area contributed by atoms with Crippen LogP contribution in [0.25, 0.3) is 0 Å². The summed E-state index contributed by atoms with van der Waals surface area (Å²) in [4.78, 5) is 14.6. The topological polar surface area (TPSA) is 44.4 Å². The first-order chi connectivity index (χ1) is 12.1. The lowest BCUT2D eigenvalue weighted by atomic mass is 10.1. The third kappa shape index (κ3) is 4.99. The molecule has 1 amide bonds. The van der Waals surface area contributed by atoms with Crippen LogP contribution in [0, 0.1) is 13.8 Å². The smallest absolute Gasteiger partial charge is 0.243 e. The highest BCUT2D eigenvalue weighted by Crippen LogP contribution is 2.21. The molecule has 4 nitrogen and oxygen atoms in total. The van der Waals surface area contributed by atoms with E-state index in [1.54, 1.807) is 0 Å². The zero-order valence-electron chi connectivity index (χ0n) is 15.1. The average molecular weight is 337 g/mol. The number of hydrogen-bond donors (Lipinski definition) is 2. The van der Waals surface area contributed by atoms with Gasteiger partial charge in [-0.2, -0.15) is 0 Å². The van der Waals surface area contributed by atoms with E-state index in [9.17, 15) is 4.79 Å². The molecule has 25 heavy (non-hydrogen) atoms. The quantitative estimate of drug-likeness (QED) is 0.853. The molecule has 1 fully saturated rings. The summed E-state index contributed by atoms with van der Waals surface area (Å²) < 4.78 is 0. The predicted molar refractivity (Wildman–Crippen MR) is 106 cm³/mol. The first kappa shape index (κ1) is 17.3. The van der Waals surface area contributed by atoms with Gasteiger partial charge in [0.2, 0.25) is 5.91 Å². The van der Waals surface area contributed by atoms with Crippen LogP contribution in [-0.2, 0) is 4.79 Å². The summed E-state index contributed by atoms with van der Waals surface area (Å²) in [6.07, 6.45) is 3.89. The van der Waals surface area contributed by atoms with Gasteiger partial charge in [0.05, 0.1) is 6.54 Å². The van der Waals surface area contributed by atoms with Crippen molar-refractivity contribution in [3.63, 3.8) is 0 Å². The van der Waals surface area contributed by atoms with Crippen LogP contribution in [0.4, 0.5) is 17.1 Å². The monoisotopic (exact) mass is 337 g/mol. The van der Waals surface area contributed by atoms with Gasteiger partial charge in [0.1, 0.15) is 0 Å². The standard InChI is InChI=1S/C21H27N3O/c1-16-12-17(2)14-19(13-16)23-21(25)15-22-18-6-8-20(9-7-18)24-10-4-3-5-11-24/h6-9,12-14,22H,3-5,10-11,15H2,1-2H3,(H,23,25). The van der Waals surface area contributed by atoms with Crippen molar-refractivity contribution in [2.75, 3.05) is 35.2 Å². The Balaban J connectivity index is 1.51. The molecule has 1 aliphatic rings. The van der Waals surface area contributed by atoms with Gasteiger partial charge in [-0.05, 0) is 80.6 Å². The Bertz CT molecular complexity index is 698. The second-order valence-electron chi connectivity index (χ2n) is 6.87. The second-order valence-corrected chi connectivity index (χ2v) is 6.87. The maximum absolute atomic E-state index is 12.1. The maximum atomic E-state index is 12.1. The third-order valence-electron chi connectivity index (χ3n) is 4.55. The fourth-order valence-electron chi connectivity index (χ4n) is 3.38. The summed E-state index contributed by atoms with van der Waals surface area (Å²) in [5, 5.41) is 6.14. The largest absolute Gasteiger partial charge is 0.376 e. The molecule has 1 saturated heterocycles. The van der Waals surface area contributed by atoms with Crippen molar-refractivity contribution in [1.82, 2.24) is 0 Å². The molecular formula is C21H27N3O. The molecule has 0 spiro atoms. The van der Waals surface area contributed by atoms with E-state index in [0.29, 0.717) is 0 Å². The van der Waals surface area contributed by atoms with Gasteiger partial charge in [0, 0.05) is 30.2 Å². The Kier molecular flexibility index (Phi) is 5.59. The Morgan fingerprint density at radius 2 is 1.56 bits per heavy atom. The first-order valence-corrected chi connectivity index (χ1v) is 9.07. The molecule has 2 aromatic rings. The summed E-state index contributed by atoms with van der Waals surface area (Å²) in [5.74, 6) is -0.0369. The molecule has 0 radical (unpaired) electrons. The Morgan fingerprint density at radius 3 is 2.20 bits per heavy atom. The summed E-state index contributed by atoms with van der Waals surface area (Å²) in [6, 6.07) is 14.4. The van der Waals surface area contributed by atoms with Gasteiger partial charge in [0.15, 0.2) is 0 Å². The SMILES string of the molecule is Cc1cc(C)cc(NC(=O)CNc2ccc(N3CCCCC3)cc2)c1. The van der Waals surface area contributed by atoms with Crippen LogP contribution in [0.3, 0.4) is 0 Å². The van der Waals surface area contributed by atoms with E-state index in [2.05, 4.69) is 33.7 Å². The third-order valence-corrected chi connectivity index (χ3v) is 4.55. The number of carbonyl (C=O) groups excluding carboxylic acids is 1. The fourth-order valence-corrected chi connectivity index (χ4v) is 3.38. The van der Waals surface area contributed by atoms with Gasteiger partial charge in [-0.3, -0.25) is 4.79 Å². The molecule has 2 aromatic carbocycles. The summed E-state index contributed by atoms with van der Waals surface area (Å²) in [6.45, 7) is 6.61. The second kappa shape index (κ2) is 8.06. The molecule has 0 atom stereocenters. The van der Waals surface area contributed by atoms with E-state index in [1.807, 2.05) is 38.1 Å². The molecule has 1 aliphatic heterocycles. The van der Waals surface area contributed by atoms with E-state index in [0.717, 1.165) is 35.6 Å². The number of nitrogens with zero attached hydrogens (tertiary/aromatic N) is 1. The molecule has 1 heterocycles. The van der Waals surface area contributed by atoms with Gasteiger partial charge in [-0.25, -0.2) is 0 Å². The van der Waals surface area contributed by atoms with Crippen molar-refractivity contribution in [2.24, 2.45) is 0 Å². The summed E-state index contributed by atoms with van der Waals surface area (Å²) in [5.41, 5.74) is 5.39. The van der Waals surface area contributed by atoms with Crippen molar-refractivity contribution in [1.29, 1.82) is 0 Å².